The largest absolute Gasteiger partial charge is 0.388 e. The Morgan fingerprint density at radius 1 is 1.07 bits per heavy atom. The zero-order valence-electron chi connectivity index (χ0n) is 14.9. The summed E-state index contributed by atoms with van der Waals surface area (Å²) in [6, 6.07) is 16.6. The van der Waals surface area contributed by atoms with Crippen LogP contribution >= 0.6 is 0 Å². The zero-order chi connectivity index (χ0) is 18.8. The van der Waals surface area contributed by atoms with Gasteiger partial charge in [-0.05, 0) is 42.5 Å². The highest BCUT2D eigenvalue weighted by atomic mass is 16.6. The van der Waals surface area contributed by atoms with E-state index in [1.807, 2.05) is 30.3 Å². The average Bonchev–Trinajstić information content (AvgIpc) is 2.73. The number of hydrogen-bond donors (Lipinski definition) is 1. The van der Waals surface area contributed by atoms with Crippen LogP contribution in [0, 0.1) is 16.0 Å². The maximum absolute atomic E-state index is 11.3. The number of pyridine rings is 1. The lowest BCUT2D eigenvalue weighted by Crippen LogP contribution is -2.35. The van der Waals surface area contributed by atoms with E-state index in [0.717, 1.165) is 37.2 Å². The number of nitro benzene ring substituents is 1. The van der Waals surface area contributed by atoms with Crippen molar-refractivity contribution >= 4 is 22.3 Å². The summed E-state index contributed by atoms with van der Waals surface area (Å²) in [5.41, 5.74) is 2.62. The van der Waals surface area contributed by atoms with Crippen molar-refractivity contribution in [2.24, 2.45) is 5.92 Å². The van der Waals surface area contributed by atoms with Crippen LogP contribution in [0.4, 0.5) is 11.4 Å². The topological polar surface area (TPSA) is 79.5 Å². The van der Waals surface area contributed by atoms with Gasteiger partial charge in [-0.15, -0.1) is 0 Å². The van der Waals surface area contributed by atoms with Gasteiger partial charge >= 0.3 is 0 Å². The summed E-state index contributed by atoms with van der Waals surface area (Å²) >= 11 is 0. The van der Waals surface area contributed by atoms with Gasteiger partial charge in [0.15, 0.2) is 0 Å². The number of nitro groups is 1. The molecule has 27 heavy (non-hydrogen) atoms. The Kier molecular flexibility index (Phi) is 4.73. The maximum atomic E-state index is 11.3. The summed E-state index contributed by atoms with van der Waals surface area (Å²) in [6.45, 7) is 1.58. The van der Waals surface area contributed by atoms with Crippen LogP contribution in [0.2, 0.25) is 0 Å². The van der Waals surface area contributed by atoms with Crippen LogP contribution in [0.3, 0.4) is 0 Å². The van der Waals surface area contributed by atoms with Crippen molar-refractivity contribution in [1.82, 2.24) is 4.98 Å². The molecule has 0 radical (unpaired) electrons. The minimum atomic E-state index is -0.458. The summed E-state index contributed by atoms with van der Waals surface area (Å²) in [5, 5.41) is 22.5. The Morgan fingerprint density at radius 3 is 2.52 bits per heavy atom. The van der Waals surface area contributed by atoms with Gasteiger partial charge in [0.05, 0.1) is 22.1 Å². The number of aliphatic hydroxyl groups excluding tert-OH is 1. The van der Waals surface area contributed by atoms with Crippen molar-refractivity contribution in [1.29, 1.82) is 0 Å². The van der Waals surface area contributed by atoms with Crippen molar-refractivity contribution in [3.63, 3.8) is 0 Å². The lowest BCUT2D eigenvalue weighted by atomic mass is 9.87. The van der Waals surface area contributed by atoms with Crippen molar-refractivity contribution < 1.29 is 10.0 Å². The Balaban J connectivity index is 1.55. The summed E-state index contributed by atoms with van der Waals surface area (Å²) in [6.07, 6.45) is 2.93. The standard InChI is InChI=1S/C21H21N3O3/c25-21(15-5-2-1-3-6-15)16-10-13-23(14-11-16)19-9-8-18(24(26)27)17-7-4-12-22-20(17)19/h1-9,12,16,21,25H,10-11,13-14H2/t21-/m0/s1. The number of aliphatic hydroxyl groups is 1. The first kappa shape index (κ1) is 17.4. The number of fused-ring (bicyclic) bond motifs is 1. The normalized spacial score (nSPS) is 16.4. The van der Waals surface area contributed by atoms with E-state index in [-0.39, 0.29) is 16.5 Å². The third-order valence-electron chi connectivity index (χ3n) is 5.39. The maximum Gasteiger partial charge on any atom is 0.278 e. The van der Waals surface area contributed by atoms with Crippen LogP contribution < -0.4 is 4.90 Å². The molecule has 0 spiro atoms. The molecule has 0 bridgehead atoms. The molecule has 1 aliphatic heterocycles. The average molecular weight is 363 g/mol. The quantitative estimate of drug-likeness (QED) is 0.558. The third kappa shape index (κ3) is 3.36. The first-order valence-electron chi connectivity index (χ1n) is 9.15. The van der Waals surface area contributed by atoms with Crippen molar-refractivity contribution in [3.05, 3.63) is 76.5 Å². The molecule has 0 amide bonds. The molecule has 4 rings (SSSR count). The van der Waals surface area contributed by atoms with E-state index < -0.39 is 6.10 Å². The van der Waals surface area contributed by atoms with E-state index in [0.29, 0.717) is 10.9 Å². The van der Waals surface area contributed by atoms with E-state index in [2.05, 4.69) is 9.88 Å². The van der Waals surface area contributed by atoms with Crippen molar-refractivity contribution in [2.75, 3.05) is 18.0 Å². The number of anilines is 1. The van der Waals surface area contributed by atoms with Gasteiger partial charge in [-0.2, -0.15) is 0 Å². The SMILES string of the molecule is O=[N+]([O-])c1ccc(N2CCC([C@@H](O)c3ccccc3)CC2)c2ncccc12. The summed E-state index contributed by atoms with van der Waals surface area (Å²) in [4.78, 5) is 17.5. The van der Waals surface area contributed by atoms with E-state index in [1.54, 1.807) is 30.5 Å². The molecule has 1 aliphatic rings. The van der Waals surface area contributed by atoms with Crippen LogP contribution in [-0.4, -0.2) is 28.1 Å². The lowest BCUT2D eigenvalue weighted by molar-refractivity contribution is -0.383. The summed E-state index contributed by atoms with van der Waals surface area (Å²) in [7, 11) is 0. The van der Waals surface area contributed by atoms with Gasteiger partial charge in [-0.1, -0.05) is 30.3 Å². The molecule has 3 aromatic rings. The molecule has 0 saturated carbocycles. The lowest BCUT2D eigenvalue weighted by Gasteiger charge is -2.36. The van der Waals surface area contributed by atoms with E-state index in [9.17, 15) is 15.2 Å². The first-order chi connectivity index (χ1) is 13.1. The Labute approximate surface area is 157 Å². The molecular formula is C21H21N3O3. The number of aromatic nitrogens is 1. The fourth-order valence-electron chi connectivity index (χ4n) is 3.94. The van der Waals surface area contributed by atoms with Crippen molar-refractivity contribution in [3.8, 4) is 0 Å². The molecule has 2 aromatic carbocycles. The van der Waals surface area contributed by atoms with Gasteiger partial charge in [-0.3, -0.25) is 15.1 Å². The number of nitrogens with zero attached hydrogens (tertiary/aromatic N) is 3. The Bertz CT molecular complexity index is 953. The second kappa shape index (κ2) is 7.32. The fraction of sp³-hybridized carbons (Fsp3) is 0.286. The molecule has 1 aromatic heterocycles. The highest BCUT2D eigenvalue weighted by Gasteiger charge is 2.28. The number of piperidine rings is 1. The number of hydrogen-bond acceptors (Lipinski definition) is 5. The molecule has 1 N–H and O–H groups in total. The van der Waals surface area contributed by atoms with E-state index in [1.165, 1.54) is 0 Å². The molecule has 1 saturated heterocycles. The first-order valence-corrected chi connectivity index (χ1v) is 9.15. The third-order valence-corrected chi connectivity index (χ3v) is 5.39. The summed E-state index contributed by atoms with van der Waals surface area (Å²) in [5.74, 6) is 0.209. The van der Waals surface area contributed by atoms with Gasteiger partial charge < -0.3 is 10.0 Å². The molecule has 1 fully saturated rings. The van der Waals surface area contributed by atoms with Crippen LogP contribution in [0.15, 0.2) is 60.8 Å². The smallest absolute Gasteiger partial charge is 0.278 e. The number of non-ortho nitro benzene ring substituents is 1. The molecule has 6 heteroatoms. The van der Waals surface area contributed by atoms with Crippen LogP contribution in [0.1, 0.15) is 24.5 Å². The van der Waals surface area contributed by atoms with Crippen molar-refractivity contribution in [2.45, 2.75) is 18.9 Å². The molecular weight excluding hydrogens is 342 g/mol. The van der Waals surface area contributed by atoms with Gasteiger partial charge in [0.1, 0.15) is 5.52 Å². The monoisotopic (exact) mass is 363 g/mol. The Morgan fingerprint density at radius 2 is 1.81 bits per heavy atom. The fourth-order valence-corrected chi connectivity index (χ4v) is 3.94. The molecule has 138 valence electrons. The number of benzene rings is 2. The summed E-state index contributed by atoms with van der Waals surface area (Å²) < 4.78 is 0. The zero-order valence-corrected chi connectivity index (χ0v) is 14.9. The predicted molar refractivity (Wildman–Crippen MR) is 105 cm³/mol. The Hall–Kier alpha value is -2.99. The molecule has 0 aliphatic carbocycles. The highest BCUT2D eigenvalue weighted by Crippen LogP contribution is 2.36. The van der Waals surface area contributed by atoms with Gasteiger partial charge in [-0.25, -0.2) is 0 Å². The van der Waals surface area contributed by atoms with Gasteiger partial charge in [0.25, 0.3) is 5.69 Å². The highest BCUT2D eigenvalue weighted by molar-refractivity contribution is 5.97. The molecule has 1 atom stereocenters. The predicted octanol–water partition coefficient (Wildman–Crippen LogP) is 4.09. The second-order valence-electron chi connectivity index (χ2n) is 6.94. The minimum Gasteiger partial charge on any atom is -0.388 e. The molecule has 2 heterocycles. The van der Waals surface area contributed by atoms with E-state index in [4.69, 9.17) is 0 Å². The van der Waals surface area contributed by atoms with Gasteiger partial charge in [0, 0.05) is 25.4 Å². The molecule has 0 unspecified atom stereocenters. The van der Waals surface area contributed by atoms with Crippen LogP contribution in [-0.2, 0) is 0 Å². The minimum absolute atomic E-state index is 0.0798. The second-order valence-corrected chi connectivity index (χ2v) is 6.94. The number of rotatable bonds is 4. The van der Waals surface area contributed by atoms with Crippen LogP contribution in [0.25, 0.3) is 10.9 Å². The van der Waals surface area contributed by atoms with Crippen LogP contribution in [0.5, 0.6) is 0 Å². The van der Waals surface area contributed by atoms with E-state index >= 15 is 0 Å². The van der Waals surface area contributed by atoms with Gasteiger partial charge in [0.2, 0.25) is 0 Å². The molecule has 6 nitrogen and oxygen atoms in total.